The predicted octanol–water partition coefficient (Wildman–Crippen LogP) is 3.29. The van der Waals surface area contributed by atoms with Crippen molar-refractivity contribution in [1.29, 1.82) is 0 Å². The number of hydrogen-bond donors (Lipinski definition) is 2. The van der Waals surface area contributed by atoms with Crippen LogP contribution in [0.1, 0.15) is 22.3 Å². The first kappa shape index (κ1) is 22.8. The zero-order valence-electron chi connectivity index (χ0n) is 15.2. The van der Waals surface area contributed by atoms with Crippen LogP contribution in [0.15, 0.2) is 42.5 Å². The molecule has 0 unspecified atom stereocenters. The fourth-order valence-corrected chi connectivity index (χ4v) is 2.20. The van der Waals surface area contributed by atoms with E-state index in [1.54, 1.807) is 0 Å². The average Bonchev–Trinajstić information content (AvgIpc) is 2.66. The van der Waals surface area contributed by atoms with E-state index in [-0.39, 0.29) is 18.7 Å². The highest BCUT2D eigenvalue weighted by molar-refractivity contribution is 5.95. The highest BCUT2D eigenvalue weighted by Crippen LogP contribution is 2.29. The molecule has 0 bridgehead atoms. The minimum Gasteiger partial charge on any atom is -0.456 e. The maximum Gasteiger partial charge on any atom is 0.416 e. The van der Waals surface area contributed by atoms with Gasteiger partial charge in [0.2, 0.25) is 0 Å². The first-order valence-corrected chi connectivity index (χ1v) is 8.42. The van der Waals surface area contributed by atoms with Gasteiger partial charge in [0.05, 0.1) is 17.5 Å². The summed E-state index contributed by atoms with van der Waals surface area (Å²) in [7, 11) is 0. The van der Waals surface area contributed by atoms with Gasteiger partial charge in [0.15, 0.2) is 6.61 Å². The van der Waals surface area contributed by atoms with Crippen LogP contribution < -0.4 is 10.6 Å². The molecule has 0 fully saturated rings. The molecule has 2 rings (SSSR count). The number of amides is 2. The minimum atomic E-state index is -4.50. The zero-order chi connectivity index (χ0) is 22.3. The average molecular weight is 430 g/mol. The first-order chi connectivity index (χ1) is 14.1. The van der Waals surface area contributed by atoms with Crippen LogP contribution >= 0.6 is 0 Å². The maximum atomic E-state index is 13.5. The molecule has 0 saturated heterocycles. The van der Waals surface area contributed by atoms with Crippen molar-refractivity contribution in [2.45, 2.75) is 12.6 Å². The smallest absolute Gasteiger partial charge is 0.416 e. The molecule has 0 spiro atoms. The highest BCUT2D eigenvalue weighted by atomic mass is 19.4. The van der Waals surface area contributed by atoms with E-state index < -0.39 is 53.3 Å². The lowest BCUT2D eigenvalue weighted by Gasteiger charge is -2.09. The molecule has 0 aliphatic carbocycles. The van der Waals surface area contributed by atoms with Crippen LogP contribution in [0.2, 0.25) is 0 Å². The van der Waals surface area contributed by atoms with E-state index in [0.717, 1.165) is 36.4 Å². The number of halogens is 5. The molecule has 6 nitrogen and oxygen atoms in total. The van der Waals surface area contributed by atoms with Crippen molar-refractivity contribution < 1.29 is 41.1 Å². The van der Waals surface area contributed by atoms with E-state index in [1.807, 2.05) is 0 Å². The molecule has 160 valence electrons. The molecular formula is C19H15F5N2O4. The van der Waals surface area contributed by atoms with E-state index in [2.05, 4.69) is 15.4 Å². The number of anilines is 1. The Morgan fingerprint density at radius 3 is 2.23 bits per heavy atom. The normalized spacial score (nSPS) is 11.0. The van der Waals surface area contributed by atoms with Crippen LogP contribution in [-0.4, -0.2) is 30.9 Å². The minimum absolute atomic E-state index is 0.0811. The number of rotatable bonds is 7. The fourth-order valence-electron chi connectivity index (χ4n) is 2.20. The monoisotopic (exact) mass is 430 g/mol. The largest absolute Gasteiger partial charge is 0.456 e. The maximum absolute atomic E-state index is 13.5. The molecule has 0 atom stereocenters. The molecule has 11 heteroatoms. The van der Waals surface area contributed by atoms with Gasteiger partial charge in [-0.3, -0.25) is 14.4 Å². The molecule has 0 heterocycles. The second-order valence-electron chi connectivity index (χ2n) is 5.91. The summed E-state index contributed by atoms with van der Waals surface area (Å²) in [6.07, 6.45) is -4.84. The molecular weight excluding hydrogens is 415 g/mol. The molecule has 2 aromatic rings. The number of hydrogen-bond acceptors (Lipinski definition) is 4. The van der Waals surface area contributed by atoms with Crippen LogP contribution in [0.3, 0.4) is 0 Å². The lowest BCUT2D eigenvalue weighted by atomic mass is 10.2. The fraction of sp³-hybridized carbons (Fsp3) is 0.211. The Labute approximate surface area is 167 Å². The Bertz CT molecular complexity index is 930. The molecule has 0 aromatic heterocycles. The highest BCUT2D eigenvalue weighted by Gasteiger charge is 2.30. The third-order valence-corrected chi connectivity index (χ3v) is 3.65. The second kappa shape index (κ2) is 9.81. The van der Waals surface area contributed by atoms with Gasteiger partial charge in [-0.15, -0.1) is 0 Å². The van der Waals surface area contributed by atoms with Crippen molar-refractivity contribution in [3.05, 3.63) is 65.2 Å². The summed E-state index contributed by atoms with van der Waals surface area (Å²) in [4.78, 5) is 35.0. The van der Waals surface area contributed by atoms with E-state index in [4.69, 9.17) is 0 Å². The van der Waals surface area contributed by atoms with Crippen molar-refractivity contribution in [3.63, 3.8) is 0 Å². The van der Waals surface area contributed by atoms with Crippen molar-refractivity contribution in [1.82, 2.24) is 5.32 Å². The third-order valence-electron chi connectivity index (χ3n) is 3.65. The van der Waals surface area contributed by atoms with Gasteiger partial charge in [-0.25, -0.2) is 8.78 Å². The SMILES string of the molecule is O=C(COC(=O)CCNC(=O)c1ccc(F)cc1F)Nc1ccc(C(F)(F)F)cc1. The van der Waals surface area contributed by atoms with Crippen molar-refractivity contribution in [2.75, 3.05) is 18.5 Å². The van der Waals surface area contributed by atoms with E-state index in [0.29, 0.717) is 6.07 Å². The molecule has 0 saturated carbocycles. The molecule has 0 radical (unpaired) electrons. The van der Waals surface area contributed by atoms with Crippen LogP contribution in [0.4, 0.5) is 27.6 Å². The van der Waals surface area contributed by atoms with Gasteiger partial charge in [0.1, 0.15) is 11.6 Å². The van der Waals surface area contributed by atoms with Crippen molar-refractivity contribution >= 4 is 23.5 Å². The summed E-state index contributed by atoms with van der Waals surface area (Å²) in [5.41, 5.74) is -1.20. The lowest BCUT2D eigenvalue weighted by molar-refractivity contribution is -0.147. The van der Waals surface area contributed by atoms with Gasteiger partial charge in [0.25, 0.3) is 11.8 Å². The van der Waals surface area contributed by atoms with Crippen LogP contribution in [-0.2, 0) is 20.5 Å². The number of esters is 1. The summed E-state index contributed by atoms with van der Waals surface area (Å²) in [5.74, 6) is -4.39. The molecule has 30 heavy (non-hydrogen) atoms. The molecule has 0 aliphatic heterocycles. The first-order valence-electron chi connectivity index (χ1n) is 8.42. The number of carbonyl (C=O) groups is 3. The number of carbonyl (C=O) groups excluding carboxylic acids is 3. The van der Waals surface area contributed by atoms with E-state index in [9.17, 15) is 36.3 Å². The summed E-state index contributed by atoms with van der Waals surface area (Å²) in [5, 5.41) is 4.50. The van der Waals surface area contributed by atoms with Crippen LogP contribution in [0.5, 0.6) is 0 Å². The zero-order valence-corrected chi connectivity index (χ0v) is 15.2. The Morgan fingerprint density at radius 1 is 0.967 bits per heavy atom. The summed E-state index contributed by atoms with van der Waals surface area (Å²) in [6.45, 7) is -0.921. The molecule has 2 aromatic carbocycles. The quantitative estimate of drug-likeness (QED) is 0.522. The predicted molar refractivity (Wildman–Crippen MR) is 94.3 cm³/mol. The summed E-state index contributed by atoms with van der Waals surface area (Å²) >= 11 is 0. The van der Waals surface area contributed by atoms with Crippen LogP contribution in [0, 0.1) is 11.6 Å². The lowest BCUT2D eigenvalue weighted by Crippen LogP contribution is -2.28. The van der Waals surface area contributed by atoms with Crippen molar-refractivity contribution in [3.8, 4) is 0 Å². The van der Waals surface area contributed by atoms with Gasteiger partial charge in [-0.05, 0) is 36.4 Å². The summed E-state index contributed by atoms with van der Waals surface area (Å²) < 4.78 is 68.4. The third kappa shape index (κ3) is 6.83. The van der Waals surface area contributed by atoms with Gasteiger partial charge >= 0.3 is 12.1 Å². The van der Waals surface area contributed by atoms with E-state index in [1.165, 1.54) is 0 Å². The molecule has 0 aliphatic rings. The van der Waals surface area contributed by atoms with Crippen LogP contribution in [0.25, 0.3) is 0 Å². The van der Waals surface area contributed by atoms with Gasteiger partial charge in [0, 0.05) is 18.3 Å². The van der Waals surface area contributed by atoms with Gasteiger partial charge < -0.3 is 15.4 Å². The van der Waals surface area contributed by atoms with E-state index >= 15 is 0 Å². The Kier molecular flexibility index (Phi) is 7.45. The number of nitrogens with one attached hydrogen (secondary N) is 2. The topological polar surface area (TPSA) is 84.5 Å². The summed E-state index contributed by atoms with van der Waals surface area (Å²) in [6, 6.07) is 6.06. The number of ether oxygens (including phenoxy) is 1. The molecule has 2 amide bonds. The molecule has 2 N–H and O–H groups in total. The standard InChI is InChI=1S/C19H15F5N2O4/c20-12-3-6-14(15(21)9-12)18(29)25-8-7-17(28)30-10-16(27)26-13-4-1-11(2-5-13)19(22,23)24/h1-6,9H,7-8,10H2,(H,25,29)(H,26,27). The van der Waals surface area contributed by atoms with Gasteiger partial charge in [-0.1, -0.05) is 0 Å². The number of benzene rings is 2. The Morgan fingerprint density at radius 2 is 1.63 bits per heavy atom. The van der Waals surface area contributed by atoms with Gasteiger partial charge in [-0.2, -0.15) is 13.2 Å². The second-order valence-corrected chi connectivity index (χ2v) is 5.91. The van der Waals surface area contributed by atoms with Crippen molar-refractivity contribution in [2.24, 2.45) is 0 Å². The Balaban J connectivity index is 1.71. The Hall–Kier alpha value is -3.50. The number of alkyl halides is 3.